The average Bonchev–Trinajstić information content (AvgIpc) is 1.38. The van der Waals surface area contributed by atoms with E-state index in [-0.39, 0.29) is 0 Å². The Morgan fingerprint density at radius 3 is 2.00 bits per heavy atom. The van der Waals surface area contributed by atoms with Crippen molar-refractivity contribution in [3.05, 3.63) is 5.71 Å². The average molecular weight is 407 g/mol. The Morgan fingerprint density at radius 2 is 2.00 bits per heavy atom. The van der Waals surface area contributed by atoms with Gasteiger partial charge < -0.3 is 0 Å². The van der Waals surface area contributed by atoms with Crippen molar-refractivity contribution in [3.8, 4) is 0 Å². The molecule has 0 rings (SSSR count). The third-order valence-electron chi connectivity index (χ3n) is 0.0900. The van der Waals surface area contributed by atoms with Crippen LogP contribution in [-0.4, -0.2) is 22.3 Å². The predicted molar refractivity (Wildman–Crippen MR) is 43.3 cm³/mol. The fourth-order valence-corrected chi connectivity index (χ4v) is 0. The third kappa shape index (κ3) is 5.99. The van der Waals surface area contributed by atoms with Gasteiger partial charge in [0.15, 0.2) is 0 Å². The van der Waals surface area contributed by atoms with Gasteiger partial charge in [0.1, 0.15) is 0 Å². The fourth-order valence-electron chi connectivity index (χ4n) is 0. The van der Waals surface area contributed by atoms with E-state index in [1.807, 2.05) is 0 Å². The van der Waals surface area contributed by atoms with Gasteiger partial charge >= 0.3 is 73.2 Å². The van der Waals surface area contributed by atoms with E-state index in [0.29, 0.717) is 0 Å². The first-order chi connectivity index (χ1) is 2.27. The number of hydrogen-bond acceptors (Lipinski definition) is 0. The number of halogens is 2. The van der Waals surface area contributed by atoms with Crippen molar-refractivity contribution in [2.75, 3.05) is 0 Å². The van der Waals surface area contributed by atoms with Gasteiger partial charge in [0.05, 0.1) is 0 Å². The molecule has 0 atom stereocenters. The second kappa shape index (κ2) is 4.16. The maximum absolute atomic E-state index is 2.28. The van der Waals surface area contributed by atoms with E-state index in [1.165, 1.54) is 1.63 Å². The molecule has 0 saturated heterocycles. The Hall–Kier alpha value is 1.99. The van der Waals surface area contributed by atoms with Crippen molar-refractivity contribution >= 4 is 67.5 Å². The van der Waals surface area contributed by atoms with E-state index >= 15 is 0 Å². The molecule has 0 aromatic rings. The second-order valence-corrected chi connectivity index (χ2v) is 6.13. The van der Waals surface area contributed by atoms with E-state index in [1.54, 1.807) is 22.3 Å². The van der Waals surface area contributed by atoms with Crippen LogP contribution in [0.3, 0.4) is 0 Å². The molecule has 0 aliphatic heterocycles. The summed E-state index contributed by atoms with van der Waals surface area (Å²) in [4.78, 5) is 0. The summed E-state index contributed by atoms with van der Waals surface area (Å²) in [6.45, 7) is 0. The molecule has 0 aliphatic rings. The standard InChI is InChI=1S/C2H2I2Te/c3-1-2(4)5/h1,5H. The molecule has 0 aliphatic carbocycles. The summed E-state index contributed by atoms with van der Waals surface area (Å²) >= 11 is 6.26. The van der Waals surface area contributed by atoms with Gasteiger partial charge in [-0.2, -0.15) is 0 Å². The van der Waals surface area contributed by atoms with Gasteiger partial charge in [0, 0.05) is 0 Å². The molecule has 0 saturated carbocycles. The Labute approximate surface area is 72.0 Å². The first-order valence-electron chi connectivity index (χ1n) is 0.919. The first-order valence-corrected chi connectivity index (χ1v) is 4.52. The molecule has 0 nitrogen and oxygen atoms in total. The molecule has 3 heteroatoms. The summed E-state index contributed by atoms with van der Waals surface area (Å²) in [7, 11) is 0. The molecule has 0 spiro atoms. The summed E-state index contributed by atoms with van der Waals surface area (Å²) in [5.41, 5.74) is 0. The summed E-state index contributed by atoms with van der Waals surface area (Å²) in [5.74, 6) is 0. The van der Waals surface area contributed by atoms with E-state index < -0.39 is 0 Å². The van der Waals surface area contributed by atoms with Gasteiger partial charge in [-0.25, -0.2) is 0 Å². The first kappa shape index (κ1) is 6.99. The van der Waals surface area contributed by atoms with Crippen LogP contribution in [0.2, 0.25) is 0 Å². The van der Waals surface area contributed by atoms with Gasteiger partial charge in [0.2, 0.25) is 0 Å². The van der Waals surface area contributed by atoms with Crippen LogP contribution in [0.1, 0.15) is 0 Å². The number of rotatable bonds is 0. The second-order valence-electron chi connectivity index (χ2n) is 0.432. The van der Waals surface area contributed by atoms with Crippen LogP contribution in [-0.2, 0) is 0 Å². The van der Waals surface area contributed by atoms with Crippen molar-refractivity contribution in [2.24, 2.45) is 0 Å². The van der Waals surface area contributed by atoms with Crippen LogP contribution in [0, 0.1) is 0 Å². The van der Waals surface area contributed by atoms with E-state index in [0.717, 1.165) is 0 Å². The summed E-state index contributed by atoms with van der Waals surface area (Å²) in [5, 5.41) is 0. The predicted octanol–water partition coefficient (Wildman–Crippen LogP) is 1.56. The van der Waals surface area contributed by atoms with Crippen molar-refractivity contribution in [2.45, 2.75) is 0 Å². The minimum absolute atomic E-state index is 1.39. The van der Waals surface area contributed by atoms with Gasteiger partial charge in [-0.1, -0.05) is 0 Å². The molecule has 30 valence electrons. The zero-order chi connectivity index (χ0) is 4.28. The van der Waals surface area contributed by atoms with E-state index in [4.69, 9.17) is 0 Å². The topological polar surface area (TPSA) is 0 Å². The van der Waals surface area contributed by atoms with Crippen LogP contribution >= 0.6 is 45.2 Å². The number of hydrogen-bond donors (Lipinski definition) is 0. The van der Waals surface area contributed by atoms with Gasteiger partial charge in [-0.05, 0) is 0 Å². The Morgan fingerprint density at radius 1 is 1.80 bits per heavy atom. The maximum atomic E-state index is 2.28. The van der Waals surface area contributed by atoms with Crippen LogP contribution in [0.25, 0.3) is 0 Å². The van der Waals surface area contributed by atoms with Gasteiger partial charge in [-0.15, -0.1) is 0 Å². The Balaban J connectivity index is 3.14. The van der Waals surface area contributed by atoms with E-state index in [9.17, 15) is 0 Å². The van der Waals surface area contributed by atoms with Crippen molar-refractivity contribution < 1.29 is 0 Å². The van der Waals surface area contributed by atoms with Crippen LogP contribution in [0.4, 0.5) is 0 Å². The van der Waals surface area contributed by atoms with Crippen molar-refractivity contribution in [1.82, 2.24) is 0 Å². The molecule has 0 aromatic carbocycles. The monoisotopic (exact) mass is 410 g/mol. The summed E-state index contributed by atoms with van der Waals surface area (Å²) in [6, 6.07) is 0. The molecular formula is C2H2I2Te. The normalized spacial score (nSPS) is 12.2. The van der Waals surface area contributed by atoms with Gasteiger partial charge in [-0.3, -0.25) is 0 Å². The fraction of sp³-hybridized carbons (Fsp3) is 0. The molecule has 0 heterocycles. The third-order valence-corrected chi connectivity index (χ3v) is 4.05. The zero-order valence-electron chi connectivity index (χ0n) is 2.28. The molecule has 0 aromatic heterocycles. The van der Waals surface area contributed by atoms with Crippen molar-refractivity contribution in [1.29, 1.82) is 0 Å². The van der Waals surface area contributed by atoms with Crippen molar-refractivity contribution in [3.63, 3.8) is 0 Å². The Kier molecular flexibility index (Phi) is 5.81. The van der Waals surface area contributed by atoms with E-state index in [2.05, 4.69) is 49.3 Å². The zero-order valence-corrected chi connectivity index (χ0v) is 9.15. The molecule has 0 radical (unpaired) electrons. The molecular weight excluding hydrogens is 405 g/mol. The van der Waals surface area contributed by atoms with Crippen LogP contribution < -0.4 is 0 Å². The summed E-state index contributed by atoms with van der Waals surface area (Å²) < 4.78 is 3.45. The minimum atomic E-state index is 1.39. The molecule has 0 fully saturated rings. The molecule has 0 N–H and O–H groups in total. The van der Waals surface area contributed by atoms with Gasteiger partial charge in [0.25, 0.3) is 0 Å². The molecule has 0 bridgehead atoms. The quantitative estimate of drug-likeness (QED) is 0.422. The van der Waals surface area contributed by atoms with Crippen LogP contribution in [0.5, 0.6) is 0 Å². The summed E-state index contributed by atoms with van der Waals surface area (Å²) in [6.07, 6.45) is 0. The molecule has 0 amide bonds. The molecule has 5 heavy (non-hydrogen) atoms. The van der Waals surface area contributed by atoms with Crippen LogP contribution in [0.15, 0.2) is 5.71 Å². The SMILES string of the molecule is [TeH]C(I)=CI. The Bertz CT molecular complexity index is 45.6. The molecule has 0 unspecified atom stereocenters.